The van der Waals surface area contributed by atoms with E-state index in [1.165, 1.54) is 25.8 Å². The minimum Gasteiger partial charge on any atom is -0.471 e. The summed E-state index contributed by atoms with van der Waals surface area (Å²) in [5.41, 5.74) is 2.85. The van der Waals surface area contributed by atoms with Crippen molar-refractivity contribution < 1.29 is 46.6 Å². The number of carbonyl (C=O) groups is 4. The monoisotopic (exact) mass is 1000 g/mol. The van der Waals surface area contributed by atoms with Crippen LogP contribution in [0.15, 0.2) is 73.2 Å². The Morgan fingerprint density at radius 3 is 2.11 bits per heavy atom. The molecule has 3 N–H and O–H groups in total. The van der Waals surface area contributed by atoms with Crippen LogP contribution in [0.5, 0.6) is 5.75 Å². The normalized spacial score (nSPS) is 18.1. The number of likely N-dealkylation sites (N-methyl/N-ethyl adjacent to an activating group) is 2. The van der Waals surface area contributed by atoms with Crippen molar-refractivity contribution in [1.82, 2.24) is 25.4 Å². The molecule has 0 aliphatic carbocycles. The average Bonchev–Trinajstić information content (AvgIpc) is 3.68. The van der Waals surface area contributed by atoms with E-state index in [-0.39, 0.29) is 34.1 Å². The molecular weight excluding hydrogens is 927 g/mol. The number of hydrogen-bond donors (Lipinski definition) is 3. The fourth-order valence-corrected chi connectivity index (χ4v) is 8.32. The molecule has 0 saturated carbocycles. The molecule has 1 aromatic heterocycles. The van der Waals surface area contributed by atoms with Crippen LogP contribution in [0, 0.1) is 17.3 Å². The second kappa shape index (κ2) is 28.4. The maximum atomic E-state index is 13.6. The van der Waals surface area contributed by atoms with Crippen LogP contribution in [0.25, 0.3) is 16.7 Å². The molecule has 14 nitrogen and oxygen atoms in total. The van der Waals surface area contributed by atoms with Crippen LogP contribution in [0.3, 0.4) is 0 Å². The fraction of sp³-hybridized carbons (Fsp3) is 0.519. The van der Waals surface area contributed by atoms with Gasteiger partial charge in [-0.1, -0.05) is 90.4 Å². The first-order valence-electron chi connectivity index (χ1n) is 23.6. The number of nitrogens with one attached hydrogen (secondary N) is 3. The Morgan fingerprint density at radius 2 is 1.63 bits per heavy atom. The average molecular weight is 1000 g/mol. The molecule has 3 aromatic rings. The number of methoxy groups -OCH3 is 1. The molecule has 3 fully saturated rings. The number of halogens is 4. The molecule has 70 heavy (non-hydrogen) atoms. The number of ether oxygens (including phenoxy) is 3. The zero-order valence-corrected chi connectivity index (χ0v) is 43.1. The number of anilines is 2. The first-order chi connectivity index (χ1) is 33.1. The molecule has 2 aromatic carbocycles. The first-order valence-corrected chi connectivity index (χ1v) is 24.0. The summed E-state index contributed by atoms with van der Waals surface area (Å²) < 4.78 is 54.2. The summed E-state index contributed by atoms with van der Waals surface area (Å²) in [4.78, 5) is 56.0. The van der Waals surface area contributed by atoms with Gasteiger partial charge in [-0.2, -0.15) is 0 Å². The number of nitrogens with zero attached hydrogens (tertiary/aromatic N) is 4. The number of allylic oxidation sites excluding steroid dienone is 1. The zero-order chi connectivity index (χ0) is 52.2. The molecule has 3 unspecified atom stereocenters. The smallest absolute Gasteiger partial charge is 0.471 e. The Bertz CT molecular complexity index is 2170. The molecular formula is C52H73ClF3N7O7. The van der Waals surface area contributed by atoms with Gasteiger partial charge in [-0.15, -0.1) is 13.2 Å². The van der Waals surface area contributed by atoms with E-state index in [0.29, 0.717) is 61.6 Å². The molecule has 6 rings (SSSR count). The molecule has 4 heterocycles. The van der Waals surface area contributed by atoms with Crippen LogP contribution in [-0.2, 0) is 23.9 Å². The van der Waals surface area contributed by atoms with Crippen molar-refractivity contribution in [2.24, 2.45) is 17.3 Å². The summed E-state index contributed by atoms with van der Waals surface area (Å²) in [5, 5.41) is 8.92. The van der Waals surface area contributed by atoms with Crippen LogP contribution in [-0.4, -0.2) is 125 Å². The predicted octanol–water partition coefficient (Wildman–Crippen LogP) is 9.46. The number of likely N-dealkylation sites (tertiary alicyclic amines) is 1. The predicted molar refractivity (Wildman–Crippen MR) is 272 cm³/mol. The molecule has 3 aliphatic heterocycles. The van der Waals surface area contributed by atoms with Gasteiger partial charge in [0, 0.05) is 74.9 Å². The lowest BCUT2D eigenvalue weighted by atomic mass is 9.93. The summed E-state index contributed by atoms with van der Waals surface area (Å²) in [5.74, 6) is 0.557. The van der Waals surface area contributed by atoms with E-state index in [9.17, 15) is 27.6 Å². The lowest BCUT2D eigenvalue weighted by Gasteiger charge is -2.38. The van der Waals surface area contributed by atoms with Crippen molar-refractivity contribution in [2.75, 3.05) is 77.4 Å². The van der Waals surface area contributed by atoms with Gasteiger partial charge < -0.3 is 44.8 Å². The number of amides is 2. The van der Waals surface area contributed by atoms with E-state index in [1.807, 2.05) is 50.7 Å². The quantitative estimate of drug-likeness (QED) is 0.140. The van der Waals surface area contributed by atoms with E-state index >= 15 is 0 Å². The molecule has 3 aliphatic rings. The molecule has 18 heteroatoms. The number of rotatable bonds is 13. The molecule has 0 spiro atoms. The highest BCUT2D eigenvalue weighted by Crippen LogP contribution is 2.39. The van der Waals surface area contributed by atoms with Gasteiger partial charge in [0.25, 0.3) is 12.4 Å². The van der Waals surface area contributed by atoms with E-state index in [4.69, 9.17) is 21.1 Å². The van der Waals surface area contributed by atoms with E-state index in [0.717, 1.165) is 68.2 Å². The summed E-state index contributed by atoms with van der Waals surface area (Å²) in [7, 11) is 5.22. The minimum atomic E-state index is -5.01. The van der Waals surface area contributed by atoms with E-state index in [2.05, 4.69) is 69.7 Å². The number of aldehydes is 1. The van der Waals surface area contributed by atoms with Gasteiger partial charge >= 0.3 is 6.36 Å². The Morgan fingerprint density at radius 1 is 1.01 bits per heavy atom. The van der Waals surface area contributed by atoms with Crippen LogP contribution in [0.1, 0.15) is 90.1 Å². The number of benzene rings is 2. The number of pyridine rings is 1. The molecule has 3 saturated heterocycles. The Kier molecular flexibility index (Phi) is 23.8. The standard InChI is InChI=1S/C39H46ClF3N6O3.C8H15NO2.C3H8.C2H4O2/c1-24-18-33(47(7)23-24)26(3)44-21-25(2)27-8-10-28(11-9-27)30-19-32(40)31(20-34(30)52-39(41,42)43)36(50)46-29-12-13-35(45-22-29)48-14-16-49(17-15-48)37(51)38(4,5)6;1-9-8(6-10)7-2-4-11-5-3-7;1-3-2;1-4-2-3/h8-13,19-22,24,33,44H,3,14-18,23H2,1-2,4-7H3,(H,46,50);6-9H,2-5H2,1H3;3H2,1-2H3;2H,1H3/b25-21+;;;. The van der Waals surface area contributed by atoms with Gasteiger partial charge in [0.2, 0.25) is 5.91 Å². The van der Waals surface area contributed by atoms with Crippen LogP contribution in [0.2, 0.25) is 5.02 Å². The van der Waals surface area contributed by atoms with Crippen molar-refractivity contribution in [3.63, 3.8) is 0 Å². The summed E-state index contributed by atoms with van der Waals surface area (Å²) >= 11 is 6.52. The van der Waals surface area contributed by atoms with Gasteiger partial charge in [-0.3, -0.25) is 19.3 Å². The van der Waals surface area contributed by atoms with Crippen molar-refractivity contribution >= 4 is 53.3 Å². The van der Waals surface area contributed by atoms with Gasteiger partial charge in [0.05, 0.1) is 35.6 Å². The van der Waals surface area contributed by atoms with Crippen molar-refractivity contribution in [3.8, 4) is 16.9 Å². The maximum absolute atomic E-state index is 13.6. The van der Waals surface area contributed by atoms with Gasteiger partial charge in [-0.25, -0.2) is 4.98 Å². The third kappa shape index (κ3) is 18.4. The van der Waals surface area contributed by atoms with E-state index < -0.39 is 23.4 Å². The highest BCUT2D eigenvalue weighted by Gasteiger charge is 2.34. The maximum Gasteiger partial charge on any atom is 0.573 e. The Hall–Kier alpha value is -5.49. The summed E-state index contributed by atoms with van der Waals surface area (Å²) in [6.45, 7) is 23.6. The van der Waals surface area contributed by atoms with Gasteiger partial charge in [-0.05, 0) is 93.1 Å². The van der Waals surface area contributed by atoms with E-state index in [1.54, 1.807) is 36.4 Å². The fourth-order valence-electron chi connectivity index (χ4n) is 8.07. The van der Waals surface area contributed by atoms with Crippen LogP contribution >= 0.6 is 11.6 Å². The Balaban J connectivity index is 0.000000607. The molecule has 0 radical (unpaired) electrons. The zero-order valence-electron chi connectivity index (χ0n) is 42.4. The number of piperazine rings is 1. The van der Waals surface area contributed by atoms with Crippen LogP contribution < -0.4 is 25.6 Å². The molecule has 386 valence electrons. The third-order valence-corrected chi connectivity index (χ3v) is 12.0. The SMILES string of the molecule is C=C(N/C=C(\C)c1ccc(-c2cc(Cl)c(C(=O)Nc3ccc(N4CCN(C(=O)C(C)(C)C)CC4)nc3)cc2OC(F)(F)F)cc1)C1CC(C)CN1C.CCC.CNC(C=O)C1CCOCC1.COC=O. The van der Waals surface area contributed by atoms with Crippen molar-refractivity contribution in [3.05, 3.63) is 89.4 Å². The lowest BCUT2D eigenvalue weighted by Crippen LogP contribution is -2.51. The number of alkyl halides is 3. The lowest BCUT2D eigenvalue weighted by molar-refractivity contribution is -0.274. The molecule has 2 amide bonds. The minimum absolute atomic E-state index is 0.0268. The second-order valence-corrected chi connectivity index (χ2v) is 19.0. The van der Waals surface area contributed by atoms with Gasteiger partial charge in [0.1, 0.15) is 17.9 Å². The molecule has 3 atom stereocenters. The van der Waals surface area contributed by atoms with Crippen molar-refractivity contribution in [2.45, 2.75) is 92.6 Å². The molecule has 0 bridgehead atoms. The number of carbonyl (C=O) groups excluding carboxylic acids is 4. The Labute approximate surface area is 417 Å². The van der Waals surface area contributed by atoms with Crippen molar-refractivity contribution in [1.29, 1.82) is 0 Å². The number of aromatic nitrogens is 1. The second-order valence-electron chi connectivity index (χ2n) is 18.6. The largest absolute Gasteiger partial charge is 0.573 e. The number of hydrogen-bond acceptors (Lipinski definition) is 12. The summed E-state index contributed by atoms with van der Waals surface area (Å²) in [6, 6.07) is 12.9. The summed E-state index contributed by atoms with van der Waals surface area (Å²) in [6.07, 6.45) is 3.61. The highest BCUT2D eigenvalue weighted by atomic mass is 35.5. The topological polar surface area (TPSA) is 155 Å². The van der Waals surface area contributed by atoms with Gasteiger partial charge in [0.15, 0.2) is 0 Å². The first kappa shape index (κ1) is 58.8. The highest BCUT2D eigenvalue weighted by molar-refractivity contribution is 6.35. The van der Waals surface area contributed by atoms with Crippen LogP contribution in [0.4, 0.5) is 24.7 Å². The third-order valence-electron chi connectivity index (χ3n) is 11.7.